The van der Waals surface area contributed by atoms with Crippen molar-refractivity contribution in [2.75, 3.05) is 14.1 Å². The first-order valence-electron chi connectivity index (χ1n) is 10.4. The van der Waals surface area contributed by atoms with E-state index >= 15 is 0 Å². The number of rotatable bonds is 2. The number of fused-ring (bicyclic) bond motifs is 5. The fourth-order valence-electron chi connectivity index (χ4n) is 7.39. The summed E-state index contributed by atoms with van der Waals surface area (Å²) >= 11 is 0. The van der Waals surface area contributed by atoms with E-state index in [2.05, 4.69) is 45.8 Å². The van der Waals surface area contributed by atoms with Crippen LogP contribution in [-0.4, -0.2) is 30.8 Å². The molecule has 0 spiro atoms. The highest BCUT2D eigenvalue weighted by Crippen LogP contribution is 2.66. The zero-order valence-corrected chi connectivity index (χ0v) is 16.7. The average molecular weight is 342 g/mol. The summed E-state index contributed by atoms with van der Waals surface area (Å²) in [5.41, 5.74) is 2.07. The van der Waals surface area contributed by atoms with Gasteiger partial charge in [-0.1, -0.05) is 25.5 Å². The van der Waals surface area contributed by atoms with Gasteiger partial charge in [0.05, 0.1) is 0 Å². The normalized spacial score (nSPS) is 47.1. The molecule has 3 fully saturated rings. The van der Waals surface area contributed by atoms with Crippen LogP contribution in [0.3, 0.4) is 0 Å². The van der Waals surface area contributed by atoms with Crippen molar-refractivity contribution in [3.63, 3.8) is 0 Å². The van der Waals surface area contributed by atoms with Gasteiger partial charge in [0, 0.05) is 11.5 Å². The van der Waals surface area contributed by atoms with Gasteiger partial charge in [-0.15, -0.1) is 0 Å². The van der Waals surface area contributed by atoms with Crippen molar-refractivity contribution in [2.24, 2.45) is 34.5 Å². The highest BCUT2D eigenvalue weighted by atomic mass is 16.1. The molecule has 0 aromatic heterocycles. The van der Waals surface area contributed by atoms with Gasteiger partial charge in [0.2, 0.25) is 0 Å². The minimum atomic E-state index is 0.142. The van der Waals surface area contributed by atoms with Crippen LogP contribution in [0.5, 0.6) is 0 Å². The first-order chi connectivity index (χ1) is 11.8. The Kier molecular flexibility index (Phi) is 4.07. The maximum atomic E-state index is 11.9. The van der Waals surface area contributed by atoms with Crippen LogP contribution in [0.1, 0.15) is 59.3 Å². The van der Waals surface area contributed by atoms with E-state index in [1.807, 2.05) is 12.2 Å². The summed E-state index contributed by atoms with van der Waals surface area (Å²) in [5, 5.41) is 0. The van der Waals surface area contributed by atoms with Crippen molar-refractivity contribution >= 4 is 5.78 Å². The number of ketones is 1. The number of nitrogens with zero attached hydrogens (tertiary/aromatic N) is 1. The summed E-state index contributed by atoms with van der Waals surface area (Å²) in [6.45, 7) is 7.46. The molecular formula is C23H35NO. The highest BCUT2D eigenvalue weighted by Gasteiger charge is 2.59. The molecule has 0 aromatic rings. The summed E-state index contributed by atoms with van der Waals surface area (Å²) in [6, 6.07) is 0.674. The van der Waals surface area contributed by atoms with Crippen LogP contribution in [0.25, 0.3) is 0 Å². The van der Waals surface area contributed by atoms with Crippen LogP contribution in [0, 0.1) is 34.5 Å². The maximum Gasteiger partial charge on any atom is 0.178 e. The molecule has 138 valence electrons. The number of hydrogen-bond acceptors (Lipinski definition) is 2. The third kappa shape index (κ3) is 2.43. The van der Waals surface area contributed by atoms with Crippen LogP contribution in [0.15, 0.2) is 23.8 Å². The van der Waals surface area contributed by atoms with Gasteiger partial charge in [-0.2, -0.15) is 0 Å². The third-order valence-electron chi connectivity index (χ3n) is 9.03. The van der Waals surface area contributed by atoms with Crippen molar-refractivity contribution in [3.8, 4) is 0 Å². The Hall–Kier alpha value is -0.890. The number of carbonyl (C=O) groups excluding carboxylic acids is 1. The molecule has 4 rings (SSSR count). The molecular weight excluding hydrogens is 306 g/mol. The monoisotopic (exact) mass is 341 g/mol. The van der Waals surface area contributed by atoms with Gasteiger partial charge < -0.3 is 4.90 Å². The van der Waals surface area contributed by atoms with E-state index in [1.165, 1.54) is 37.7 Å². The van der Waals surface area contributed by atoms with Gasteiger partial charge in [0.25, 0.3) is 0 Å². The molecule has 0 radical (unpaired) electrons. The second-order valence-corrected chi connectivity index (χ2v) is 10.0. The second kappa shape index (κ2) is 5.81. The summed E-state index contributed by atoms with van der Waals surface area (Å²) in [4.78, 5) is 14.3. The third-order valence-corrected chi connectivity index (χ3v) is 9.03. The summed E-state index contributed by atoms with van der Waals surface area (Å²) in [6.07, 6.45) is 14.0. The van der Waals surface area contributed by atoms with E-state index in [0.717, 1.165) is 30.1 Å². The minimum Gasteiger partial charge on any atom is -0.306 e. The maximum absolute atomic E-state index is 11.9. The van der Waals surface area contributed by atoms with E-state index in [9.17, 15) is 4.79 Å². The van der Waals surface area contributed by atoms with Gasteiger partial charge >= 0.3 is 0 Å². The largest absolute Gasteiger partial charge is 0.306 e. The molecule has 25 heavy (non-hydrogen) atoms. The van der Waals surface area contributed by atoms with Crippen molar-refractivity contribution < 1.29 is 4.79 Å². The molecule has 0 heterocycles. The van der Waals surface area contributed by atoms with Crippen molar-refractivity contribution in [2.45, 2.75) is 65.3 Å². The molecule has 0 N–H and O–H groups in total. The average Bonchev–Trinajstić information content (AvgIpc) is 2.92. The molecule has 0 aromatic carbocycles. The predicted molar refractivity (Wildman–Crippen MR) is 103 cm³/mol. The Bertz CT molecular complexity index is 632. The van der Waals surface area contributed by atoms with E-state index in [1.54, 1.807) is 0 Å². The molecule has 7 atom stereocenters. The Morgan fingerprint density at radius 3 is 2.60 bits per heavy atom. The lowest BCUT2D eigenvalue weighted by atomic mass is 9.47. The lowest BCUT2D eigenvalue weighted by molar-refractivity contribution is -0.111. The summed E-state index contributed by atoms with van der Waals surface area (Å²) < 4.78 is 0. The molecule has 0 aliphatic heterocycles. The number of allylic oxidation sites excluding steroid dienone is 4. The zero-order valence-electron chi connectivity index (χ0n) is 16.7. The van der Waals surface area contributed by atoms with Crippen LogP contribution in [0.2, 0.25) is 0 Å². The minimum absolute atomic E-state index is 0.142. The standard InChI is InChI=1S/C23H35NO/c1-15(24(4)5)19-8-9-20-18-7-6-16-14-17(25)10-12-22(16,2)21(18)11-13-23(19,20)3/h10,12,14-15,18-21H,6-9,11,13H2,1-5H3/t15-,18+,19+,20-,21+,22-,23+/m0/s1. The van der Waals surface area contributed by atoms with Crippen LogP contribution in [-0.2, 0) is 4.79 Å². The molecule has 3 saturated carbocycles. The molecule has 4 aliphatic carbocycles. The molecule has 0 saturated heterocycles. The molecule has 0 unspecified atom stereocenters. The number of carbonyl (C=O) groups is 1. The quantitative estimate of drug-likeness (QED) is 0.715. The van der Waals surface area contributed by atoms with E-state index in [-0.39, 0.29) is 11.2 Å². The molecule has 0 amide bonds. The molecule has 2 heteroatoms. The van der Waals surface area contributed by atoms with Crippen molar-refractivity contribution in [1.82, 2.24) is 4.90 Å². The number of hydrogen-bond donors (Lipinski definition) is 0. The van der Waals surface area contributed by atoms with E-state index in [4.69, 9.17) is 0 Å². The predicted octanol–water partition coefficient (Wildman–Crippen LogP) is 4.86. The van der Waals surface area contributed by atoms with Crippen molar-refractivity contribution in [3.05, 3.63) is 23.8 Å². The highest BCUT2D eigenvalue weighted by molar-refractivity contribution is 6.01. The fourth-order valence-corrected chi connectivity index (χ4v) is 7.39. The van der Waals surface area contributed by atoms with Crippen molar-refractivity contribution in [1.29, 1.82) is 0 Å². The van der Waals surface area contributed by atoms with Crippen LogP contribution in [0.4, 0.5) is 0 Å². The van der Waals surface area contributed by atoms with E-state index in [0.29, 0.717) is 11.5 Å². The fraction of sp³-hybridized carbons (Fsp3) is 0.783. The topological polar surface area (TPSA) is 20.3 Å². The first kappa shape index (κ1) is 17.5. The van der Waals surface area contributed by atoms with Gasteiger partial charge in [0.1, 0.15) is 0 Å². The van der Waals surface area contributed by atoms with Gasteiger partial charge in [0.15, 0.2) is 5.78 Å². The Morgan fingerprint density at radius 1 is 1.12 bits per heavy atom. The summed E-state index contributed by atoms with van der Waals surface area (Å²) in [5.74, 6) is 3.50. The lowest BCUT2D eigenvalue weighted by Gasteiger charge is -2.57. The van der Waals surface area contributed by atoms with Crippen LogP contribution < -0.4 is 0 Å². The van der Waals surface area contributed by atoms with Gasteiger partial charge in [-0.3, -0.25) is 4.79 Å². The smallest absolute Gasteiger partial charge is 0.178 e. The Labute approximate surface area is 153 Å². The van der Waals surface area contributed by atoms with Crippen LogP contribution >= 0.6 is 0 Å². The zero-order chi connectivity index (χ0) is 18.0. The van der Waals surface area contributed by atoms with Gasteiger partial charge in [-0.05, 0) is 101 Å². The second-order valence-electron chi connectivity index (χ2n) is 10.0. The summed E-state index contributed by atoms with van der Waals surface area (Å²) in [7, 11) is 4.49. The Balaban J connectivity index is 1.64. The molecule has 0 bridgehead atoms. The van der Waals surface area contributed by atoms with E-state index < -0.39 is 0 Å². The molecule has 4 aliphatic rings. The molecule has 2 nitrogen and oxygen atoms in total. The SMILES string of the molecule is C[C@@H]([C@H]1CC[C@H]2[C@H]3CCC4=CC(=O)C=C[C@]4(C)[C@@H]3CC[C@]12C)N(C)C. The first-order valence-corrected chi connectivity index (χ1v) is 10.4. The van der Waals surface area contributed by atoms with Gasteiger partial charge in [-0.25, -0.2) is 0 Å². The lowest BCUT2D eigenvalue weighted by Crippen LogP contribution is -2.51. The Morgan fingerprint density at radius 2 is 1.88 bits per heavy atom.